The fraction of sp³-hybridized carbons (Fsp3) is 0.929. The van der Waals surface area contributed by atoms with E-state index in [9.17, 15) is 4.79 Å². The molecule has 0 aromatic rings. The number of carboxylic acids is 1. The highest BCUT2D eigenvalue weighted by molar-refractivity contribution is 5.73. The molecule has 17 heavy (non-hydrogen) atoms. The largest absolute Gasteiger partial charge is 0.480 e. The highest BCUT2D eigenvalue weighted by atomic mass is 16.4. The van der Waals surface area contributed by atoms with Crippen LogP contribution in [0.1, 0.15) is 59.3 Å². The minimum Gasteiger partial charge on any atom is -0.480 e. The van der Waals surface area contributed by atoms with Crippen LogP contribution < -0.4 is 5.32 Å². The predicted octanol–water partition coefficient (Wildman–Crippen LogP) is 3.04. The molecule has 0 bridgehead atoms. The van der Waals surface area contributed by atoms with Gasteiger partial charge in [0.25, 0.3) is 0 Å². The molecular formula is C14H27NO2. The molecule has 0 heterocycles. The summed E-state index contributed by atoms with van der Waals surface area (Å²) in [5.74, 6) is 0.905. The maximum atomic E-state index is 11.1. The molecule has 1 rings (SSSR count). The van der Waals surface area contributed by atoms with Gasteiger partial charge in [0.05, 0.1) is 0 Å². The summed E-state index contributed by atoms with van der Waals surface area (Å²) in [5, 5.41) is 12.4. The third-order valence-electron chi connectivity index (χ3n) is 4.03. The molecule has 0 aromatic heterocycles. The quantitative estimate of drug-likeness (QED) is 0.751. The first-order chi connectivity index (χ1) is 8.04. The van der Waals surface area contributed by atoms with Crippen molar-refractivity contribution in [1.82, 2.24) is 5.32 Å². The van der Waals surface area contributed by atoms with Crippen molar-refractivity contribution in [3.8, 4) is 0 Å². The average molecular weight is 241 g/mol. The fourth-order valence-electron chi connectivity index (χ4n) is 2.80. The van der Waals surface area contributed by atoms with E-state index in [-0.39, 0.29) is 6.04 Å². The molecule has 0 amide bonds. The van der Waals surface area contributed by atoms with Crippen LogP contribution in [0.3, 0.4) is 0 Å². The van der Waals surface area contributed by atoms with E-state index in [4.69, 9.17) is 5.11 Å². The molecule has 1 saturated carbocycles. The summed E-state index contributed by atoms with van der Waals surface area (Å²) >= 11 is 0. The Morgan fingerprint density at radius 1 is 1.29 bits per heavy atom. The van der Waals surface area contributed by atoms with Crippen LogP contribution in [0, 0.1) is 11.8 Å². The van der Waals surface area contributed by atoms with E-state index in [0.29, 0.717) is 6.04 Å². The van der Waals surface area contributed by atoms with E-state index in [1.165, 1.54) is 12.8 Å². The molecule has 100 valence electrons. The first-order valence-electron chi connectivity index (χ1n) is 7.03. The molecule has 1 aliphatic carbocycles. The zero-order valence-corrected chi connectivity index (χ0v) is 11.4. The van der Waals surface area contributed by atoms with E-state index in [1.54, 1.807) is 0 Å². The van der Waals surface area contributed by atoms with Crippen molar-refractivity contribution in [3.05, 3.63) is 0 Å². The predicted molar refractivity (Wildman–Crippen MR) is 70.1 cm³/mol. The molecule has 1 atom stereocenters. The van der Waals surface area contributed by atoms with Crippen molar-refractivity contribution in [1.29, 1.82) is 0 Å². The van der Waals surface area contributed by atoms with Gasteiger partial charge in [0, 0.05) is 6.04 Å². The Hall–Kier alpha value is -0.570. The number of carbonyl (C=O) groups is 1. The summed E-state index contributed by atoms with van der Waals surface area (Å²) in [6, 6.07) is 0.0678. The van der Waals surface area contributed by atoms with Gasteiger partial charge in [-0.15, -0.1) is 0 Å². The van der Waals surface area contributed by atoms with Crippen LogP contribution in [0.25, 0.3) is 0 Å². The lowest BCUT2D eigenvalue weighted by Gasteiger charge is -2.32. The smallest absolute Gasteiger partial charge is 0.320 e. The molecule has 3 heteroatoms. The van der Waals surface area contributed by atoms with Gasteiger partial charge in [-0.2, -0.15) is 0 Å². The monoisotopic (exact) mass is 241 g/mol. The Labute approximate surface area is 105 Å². The van der Waals surface area contributed by atoms with Crippen molar-refractivity contribution in [3.63, 3.8) is 0 Å². The van der Waals surface area contributed by atoms with Gasteiger partial charge >= 0.3 is 5.97 Å². The van der Waals surface area contributed by atoms with Crippen LogP contribution in [0.2, 0.25) is 0 Å². The van der Waals surface area contributed by atoms with Crippen LogP contribution in [0.4, 0.5) is 0 Å². The van der Waals surface area contributed by atoms with E-state index in [0.717, 1.165) is 37.5 Å². The second-order valence-electron chi connectivity index (χ2n) is 5.70. The Morgan fingerprint density at radius 3 is 2.29 bits per heavy atom. The van der Waals surface area contributed by atoms with Crippen LogP contribution in [0.15, 0.2) is 0 Å². The molecule has 1 aliphatic rings. The molecular weight excluding hydrogens is 214 g/mol. The van der Waals surface area contributed by atoms with Crippen molar-refractivity contribution >= 4 is 5.97 Å². The number of carboxylic acid groups (broad SMARTS) is 1. The Kier molecular flexibility index (Phi) is 5.96. The molecule has 0 radical (unpaired) electrons. The minimum absolute atomic E-state index is 0.347. The summed E-state index contributed by atoms with van der Waals surface area (Å²) < 4.78 is 0. The fourth-order valence-corrected chi connectivity index (χ4v) is 2.80. The van der Waals surface area contributed by atoms with Gasteiger partial charge in [-0.1, -0.05) is 27.2 Å². The SMILES string of the molecule is CCCC(NC1CCC(C(C)C)CC1)C(=O)O. The number of hydrogen-bond acceptors (Lipinski definition) is 2. The summed E-state index contributed by atoms with van der Waals surface area (Å²) in [4.78, 5) is 11.1. The van der Waals surface area contributed by atoms with Gasteiger partial charge in [0.15, 0.2) is 0 Å². The third-order valence-corrected chi connectivity index (χ3v) is 4.03. The van der Waals surface area contributed by atoms with E-state index in [2.05, 4.69) is 19.2 Å². The van der Waals surface area contributed by atoms with Gasteiger partial charge in [0.1, 0.15) is 6.04 Å². The molecule has 0 aromatic carbocycles. The number of aliphatic carboxylic acids is 1. The first kappa shape index (κ1) is 14.5. The summed E-state index contributed by atoms with van der Waals surface area (Å²) in [6.45, 7) is 6.61. The van der Waals surface area contributed by atoms with Crippen molar-refractivity contribution in [2.75, 3.05) is 0 Å². The van der Waals surface area contributed by atoms with Crippen LogP contribution in [0.5, 0.6) is 0 Å². The van der Waals surface area contributed by atoms with Crippen LogP contribution in [-0.2, 0) is 4.79 Å². The van der Waals surface area contributed by atoms with Crippen LogP contribution in [-0.4, -0.2) is 23.2 Å². The van der Waals surface area contributed by atoms with Gasteiger partial charge in [0.2, 0.25) is 0 Å². The third kappa shape index (κ3) is 4.66. The molecule has 2 N–H and O–H groups in total. The van der Waals surface area contributed by atoms with E-state index in [1.807, 2.05) is 6.92 Å². The van der Waals surface area contributed by atoms with Crippen molar-refractivity contribution < 1.29 is 9.90 Å². The lowest BCUT2D eigenvalue weighted by Crippen LogP contribution is -2.45. The normalized spacial score (nSPS) is 27.1. The Bertz CT molecular complexity index is 232. The zero-order chi connectivity index (χ0) is 12.8. The van der Waals surface area contributed by atoms with Gasteiger partial charge in [-0.05, 0) is 43.9 Å². The lowest BCUT2D eigenvalue weighted by molar-refractivity contribution is -0.140. The Balaban J connectivity index is 2.35. The summed E-state index contributed by atoms with van der Waals surface area (Å²) in [6.07, 6.45) is 6.42. The topological polar surface area (TPSA) is 49.3 Å². The number of nitrogens with one attached hydrogen (secondary N) is 1. The average Bonchev–Trinajstić information content (AvgIpc) is 2.29. The molecule has 0 saturated heterocycles. The summed E-state index contributed by atoms with van der Waals surface area (Å²) in [5.41, 5.74) is 0. The minimum atomic E-state index is -0.696. The standard InChI is InChI=1S/C14H27NO2/c1-4-5-13(14(16)17)15-12-8-6-11(7-9-12)10(2)3/h10-13,15H,4-9H2,1-3H3,(H,16,17). The van der Waals surface area contributed by atoms with Crippen molar-refractivity contribution in [2.45, 2.75) is 71.4 Å². The maximum absolute atomic E-state index is 11.1. The molecule has 1 fully saturated rings. The summed E-state index contributed by atoms with van der Waals surface area (Å²) in [7, 11) is 0. The first-order valence-corrected chi connectivity index (χ1v) is 7.03. The Morgan fingerprint density at radius 2 is 1.88 bits per heavy atom. The highest BCUT2D eigenvalue weighted by Crippen LogP contribution is 2.30. The van der Waals surface area contributed by atoms with Crippen LogP contribution >= 0.6 is 0 Å². The van der Waals surface area contributed by atoms with E-state index >= 15 is 0 Å². The molecule has 3 nitrogen and oxygen atoms in total. The number of rotatable bonds is 6. The van der Waals surface area contributed by atoms with Gasteiger partial charge in [-0.3, -0.25) is 4.79 Å². The second kappa shape index (κ2) is 7.00. The molecule has 0 aliphatic heterocycles. The van der Waals surface area contributed by atoms with Crippen molar-refractivity contribution in [2.24, 2.45) is 11.8 Å². The molecule has 1 unspecified atom stereocenters. The number of hydrogen-bond donors (Lipinski definition) is 2. The van der Waals surface area contributed by atoms with Gasteiger partial charge in [-0.25, -0.2) is 0 Å². The highest BCUT2D eigenvalue weighted by Gasteiger charge is 2.26. The lowest BCUT2D eigenvalue weighted by atomic mass is 9.79. The second-order valence-corrected chi connectivity index (χ2v) is 5.70. The zero-order valence-electron chi connectivity index (χ0n) is 11.4. The maximum Gasteiger partial charge on any atom is 0.320 e. The molecule has 0 spiro atoms. The van der Waals surface area contributed by atoms with E-state index < -0.39 is 5.97 Å². The van der Waals surface area contributed by atoms with Gasteiger partial charge < -0.3 is 10.4 Å².